The summed E-state index contributed by atoms with van der Waals surface area (Å²) in [6, 6.07) is 11.2. The van der Waals surface area contributed by atoms with Crippen molar-refractivity contribution in [2.75, 3.05) is 26.6 Å². The number of methoxy groups -OCH3 is 3. The molecule has 0 aliphatic heterocycles. The van der Waals surface area contributed by atoms with Gasteiger partial charge in [-0.05, 0) is 50.3 Å². The monoisotopic (exact) mass is 505 g/mol. The lowest BCUT2D eigenvalue weighted by molar-refractivity contribution is 0.102. The van der Waals surface area contributed by atoms with E-state index < -0.39 is 0 Å². The normalized spacial score (nSPS) is 12.7. The fraction of sp³-hybridized carbons (Fsp3) is 0.296. The highest BCUT2D eigenvalue weighted by Gasteiger charge is 2.27. The van der Waals surface area contributed by atoms with Gasteiger partial charge in [-0.2, -0.15) is 4.98 Å². The van der Waals surface area contributed by atoms with E-state index in [1.807, 2.05) is 31.2 Å². The Balaban J connectivity index is 1.52. The van der Waals surface area contributed by atoms with E-state index in [2.05, 4.69) is 10.5 Å². The van der Waals surface area contributed by atoms with E-state index in [1.165, 1.54) is 31.8 Å². The third-order valence-corrected chi connectivity index (χ3v) is 7.48. The van der Waals surface area contributed by atoms with Gasteiger partial charge in [-0.1, -0.05) is 35.0 Å². The van der Waals surface area contributed by atoms with Crippen LogP contribution in [-0.4, -0.2) is 37.4 Å². The predicted octanol–water partition coefficient (Wildman–Crippen LogP) is 5.93. The highest BCUT2D eigenvalue weighted by atomic mass is 32.1. The zero-order valence-electron chi connectivity index (χ0n) is 20.6. The topological polar surface area (TPSA) is 95.7 Å². The maximum Gasteiger partial charge on any atom is 0.261 e. The molecule has 0 fully saturated rings. The second-order valence-electron chi connectivity index (χ2n) is 8.57. The van der Waals surface area contributed by atoms with E-state index in [0.717, 1.165) is 42.4 Å². The highest BCUT2D eigenvalue weighted by Crippen LogP contribution is 2.45. The van der Waals surface area contributed by atoms with Crippen LogP contribution in [0.25, 0.3) is 22.8 Å². The fourth-order valence-electron chi connectivity index (χ4n) is 4.41. The molecule has 2 heterocycles. The molecule has 0 bridgehead atoms. The standard InChI is InChI=1S/C27H27N3O5S/c1-15-9-11-16(12-10-15)24-28-26(35-30-24)22-18-7-5-6-8-21(18)36-27(22)29-25(31)17-13-19(32-2)23(34-4)20(14-17)33-3/h9-14H,5-8H2,1-4H3,(H,29,31). The number of rotatable bonds is 7. The van der Waals surface area contributed by atoms with E-state index >= 15 is 0 Å². The minimum Gasteiger partial charge on any atom is -0.493 e. The van der Waals surface area contributed by atoms with Crippen LogP contribution in [0.4, 0.5) is 5.00 Å². The third-order valence-electron chi connectivity index (χ3n) is 6.27. The van der Waals surface area contributed by atoms with Crippen molar-refractivity contribution >= 4 is 22.2 Å². The molecular formula is C27H27N3O5S. The molecule has 0 spiro atoms. The van der Waals surface area contributed by atoms with Gasteiger partial charge in [0.25, 0.3) is 11.8 Å². The number of nitrogens with zero attached hydrogens (tertiary/aromatic N) is 2. The summed E-state index contributed by atoms with van der Waals surface area (Å²) in [6.07, 6.45) is 4.07. The molecule has 0 radical (unpaired) electrons. The molecule has 2 aromatic heterocycles. The maximum absolute atomic E-state index is 13.4. The summed E-state index contributed by atoms with van der Waals surface area (Å²) < 4.78 is 21.9. The predicted molar refractivity (Wildman–Crippen MR) is 138 cm³/mol. The van der Waals surface area contributed by atoms with Gasteiger partial charge >= 0.3 is 0 Å². The number of carbonyl (C=O) groups is 1. The van der Waals surface area contributed by atoms with Gasteiger partial charge in [0.1, 0.15) is 5.00 Å². The van der Waals surface area contributed by atoms with Crippen LogP contribution in [0.5, 0.6) is 17.2 Å². The van der Waals surface area contributed by atoms with Crippen LogP contribution < -0.4 is 19.5 Å². The smallest absolute Gasteiger partial charge is 0.261 e. The maximum atomic E-state index is 13.4. The van der Waals surface area contributed by atoms with Crippen molar-refractivity contribution < 1.29 is 23.5 Å². The quantitative estimate of drug-likeness (QED) is 0.332. The van der Waals surface area contributed by atoms with Crippen molar-refractivity contribution in [3.05, 3.63) is 58.0 Å². The number of thiophene rings is 1. The van der Waals surface area contributed by atoms with Crippen LogP contribution in [-0.2, 0) is 12.8 Å². The van der Waals surface area contributed by atoms with Crippen molar-refractivity contribution in [3.8, 4) is 40.1 Å². The molecule has 8 nitrogen and oxygen atoms in total. The van der Waals surface area contributed by atoms with Gasteiger partial charge in [0.05, 0.1) is 26.9 Å². The molecule has 0 atom stereocenters. The molecule has 9 heteroatoms. The molecule has 36 heavy (non-hydrogen) atoms. The van der Waals surface area contributed by atoms with E-state index in [9.17, 15) is 4.79 Å². The van der Waals surface area contributed by atoms with E-state index in [0.29, 0.717) is 39.5 Å². The second-order valence-corrected chi connectivity index (χ2v) is 9.68. The number of aryl methyl sites for hydroxylation is 2. The Morgan fingerprint density at radius 2 is 1.69 bits per heavy atom. The minimum absolute atomic E-state index is 0.299. The van der Waals surface area contributed by atoms with Gasteiger partial charge in [-0.25, -0.2) is 0 Å². The van der Waals surface area contributed by atoms with Gasteiger partial charge in [-0.3, -0.25) is 4.79 Å². The first-order valence-electron chi connectivity index (χ1n) is 11.7. The van der Waals surface area contributed by atoms with Gasteiger partial charge in [0.2, 0.25) is 11.6 Å². The van der Waals surface area contributed by atoms with E-state index in [-0.39, 0.29) is 5.91 Å². The number of anilines is 1. The zero-order valence-corrected chi connectivity index (χ0v) is 21.5. The Morgan fingerprint density at radius 1 is 1.00 bits per heavy atom. The average molecular weight is 506 g/mol. The fourth-order valence-corrected chi connectivity index (χ4v) is 5.69. The molecule has 186 valence electrons. The summed E-state index contributed by atoms with van der Waals surface area (Å²) in [4.78, 5) is 19.3. The number of aromatic nitrogens is 2. The van der Waals surface area contributed by atoms with Gasteiger partial charge in [0, 0.05) is 16.0 Å². The van der Waals surface area contributed by atoms with Crippen molar-refractivity contribution in [2.45, 2.75) is 32.6 Å². The van der Waals surface area contributed by atoms with Crippen LogP contribution in [0.15, 0.2) is 40.9 Å². The van der Waals surface area contributed by atoms with Crippen LogP contribution in [0.1, 0.15) is 39.2 Å². The molecule has 4 aromatic rings. The molecule has 0 saturated carbocycles. The highest BCUT2D eigenvalue weighted by molar-refractivity contribution is 7.17. The molecule has 1 aliphatic carbocycles. The lowest BCUT2D eigenvalue weighted by atomic mass is 9.95. The number of benzene rings is 2. The summed E-state index contributed by atoms with van der Waals surface area (Å²) in [5.74, 6) is 1.87. The lowest BCUT2D eigenvalue weighted by Gasteiger charge is -2.14. The minimum atomic E-state index is -0.299. The first kappa shape index (κ1) is 23.9. The Morgan fingerprint density at radius 3 is 2.36 bits per heavy atom. The molecule has 0 saturated heterocycles. The molecule has 1 amide bonds. The number of fused-ring (bicyclic) bond motifs is 1. The summed E-state index contributed by atoms with van der Waals surface area (Å²) in [6.45, 7) is 2.03. The Hall–Kier alpha value is -3.85. The third kappa shape index (κ3) is 4.42. The van der Waals surface area contributed by atoms with Crippen LogP contribution in [0, 0.1) is 6.92 Å². The summed E-state index contributed by atoms with van der Waals surface area (Å²) >= 11 is 1.57. The summed E-state index contributed by atoms with van der Waals surface area (Å²) in [7, 11) is 4.56. The first-order chi connectivity index (χ1) is 17.5. The van der Waals surface area contributed by atoms with Gasteiger partial charge in [0.15, 0.2) is 11.5 Å². The molecular weight excluding hydrogens is 478 g/mol. The Bertz CT molecular complexity index is 1380. The lowest BCUT2D eigenvalue weighted by Crippen LogP contribution is -2.12. The second kappa shape index (κ2) is 10.0. The summed E-state index contributed by atoms with van der Waals surface area (Å²) in [5, 5.41) is 8.00. The number of hydrogen-bond donors (Lipinski definition) is 1. The van der Waals surface area contributed by atoms with Crippen molar-refractivity contribution in [2.24, 2.45) is 0 Å². The number of carbonyl (C=O) groups excluding carboxylic acids is 1. The number of nitrogens with one attached hydrogen (secondary N) is 1. The molecule has 1 N–H and O–H groups in total. The van der Waals surface area contributed by atoms with Crippen LogP contribution >= 0.6 is 11.3 Å². The average Bonchev–Trinajstić information content (AvgIpc) is 3.52. The largest absolute Gasteiger partial charge is 0.493 e. The molecule has 1 aliphatic rings. The van der Waals surface area contributed by atoms with E-state index in [1.54, 1.807) is 23.5 Å². The Kier molecular flexibility index (Phi) is 6.65. The van der Waals surface area contributed by atoms with Crippen molar-refractivity contribution in [1.82, 2.24) is 10.1 Å². The molecule has 2 aromatic carbocycles. The first-order valence-corrected chi connectivity index (χ1v) is 12.5. The SMILES string of the molecule is COc1cc(C(=O)Nc2sc3c(c2-c2nc(-c4ccc(C)cc4)no2)CCCC3)cc(OC)c1OC. The number of hydrogen-bond acceptors (Lipinski definition) is 8. The van der Waals surface area contributed by atoms with Gasteiger partial charge in [-0.15, -0.1) is 11.3 Å². The number of ether oxygens (including phenoxy) is 3. The van der Waals surface area contributed by atoms with Crippen LogP contribution in [0.2, 0.25) is 0 Å². The van der Waals surface area contributed by atoms with Crippen LogP contribution in [0.3, 0.4) is 0 Å². The van der Waals surface area contributed by atoms with Crippen molar-refractivity contribution in [3.63, 3.8) is 0 Å². The Labute approximate surface area is 213 Å². The van der Waals surface area contributed by atoms with E-state index in [4.69, 9.17) is 23.7 Å². The summed E-state index contributed by atoms with van der Waals surface area (Å²) in [5.41, 5.74) is 4.40. The molecule has 0 unspecified atom stereocenters. The zero-order chi connectivity index (χ0) is 25.2. The van der Waals surface area contributed by atoms with Crippen molar-refractivity contribution in [1.29, 1.82) is 0 Å². The molecule has 5 rings (SSSR count). The number of amides is 1. The van der Waals surface area contributed by atoms with Gasteiger partial charge < -0.3 is 24.1 Å².